The predicted octanol–water partition coefficient (Wildman–Crippen LogP) is 1.81. The molecule has 20 heavy (non-hydrogen) atoms. The summed E-state index contributed by atoms with van der Waals surface area (Å²) in [5.41, 5.74) is 1.78. The van der Waals surface area contributed by atoms with Gasteiger partial charge in [-0.05, 0) is 49.2 Å². The van der Waals surface area contributed by atoms with Gasteiger partial charge in [0.15, 0.2) is 5.82 Å². The lowest BCUT2D eigenvalue weighted by Crippen LogP contribution is -2.28. The van der Waals surface area contributed by atoms with Crippen molar-refractivity contribution in [2.45, 2.75) is 38.8 Å². The largest absolute Gasteiger partial charge is 0.342 e. The van der Waals surface area contributed by atoms with Crippen molar-refractivity contribution in [1.29, 1.82) is 0 Å². The lowest BCUT2D eigenvalue weighted by atomic mass is 10.1. The fraction of sp³-hybridized carbons (Fsp3) is 0.429. The Balaban J connectivity index is 1.71. The smallest absolute Gasteiger partial charge is 0.251 e. The van der Waals surface area contributed by atoms with Crippen LogP contribution in [0.1, 0.15) is 53.6 Å². The van der Waals surface area contributed by atoms with Gasteiger partial charge in [-0.2, -0.15) is 0 Å². The molecule has 1 aromatic carbocycles. The SMILES string of the molecule is Cc1ccc(C(=O)NC(C)c2nnnn2C2CC2)cc1. The molecule has 1 unspecified atom stereocenters. The summed E-state index contributed by atoms with van der Waals surface area (Å²) in [6.45, 7) is 3.89. The molecule has 1 amide bonds. The molecule has 0 aliphatic heterocycles. The van der Waals surface area contributed by atoms with Crippen LogP contribution in [0.3, 0.4) is 0 Å². The third kappa shape index (κ3) is 2.54. The lowest BCUT2D eigenvalue weighted by molar-refractivity contribution is 0.0937. The number of aromatic nitrogens is 4. The zero-order valence-corrected chi connectivity index (χ0v) is 11.6. The van der Waals surface area contributed by atoms with Gasteiger partial charge in [0.2, 0.25) is 0 Å². The third-order valence-corrected chi connectivity index (χ3v) is 3.46. The van der Waals surface area contributed by atoms with Crippen LogP contribution in [0.15, 0.2) is 24.3 Å². The number of aryl methyl sites for hydroxylation is 1. The van der Waals surface area contributed by atoms with Crippen molar-refractivity contribution in [3.05, 3.63) is 41.2 Å². The minimum absolute atomic E-state index is 0.108. The van der Waals surface area contributed by atoms with Crippen molar-refractivity contribution < 1.29 is 4.79 Å². The molecule has 6 heteroatoms. The first-order valence-electron chi connectivity index (χ1n) is 6.80. The van der Waals surface area contributed by atoms with E-state index in [9.17, 15) is 4.79 Å². The minimum Gasteiger partial charge on any atom is -0.342 e. The predicted molar refractivity (Wildman–Crippen MR) is 73.1 cm³/mol. The minimum atomic E-state index is -0.209. The normalized spacial score (nSPS) is 15.9. The maximum atomic E-state index is 12.2. The number of nitrogens with one attached hydrogen (secondary N) is 1. The van der Waals surface area contributed by atoms with E-state index in [1.54, 1.807) is 0 Å². The summed E-state index contributed by atoms with van der Waals surface area (Å²) in [5, 5.41) is 14.7. The van der Waals surface area contributed by atoms with Crippen LogP contribution in [0.25, 0.3) is 0 Å². The molecule has 1 N–H and O–H groups in total. The Hall–Kier alpha value is -2.24. The van der Waals surface area contributed by atoms with Crippen molar-refractivity contribution in [1.82, 2.24) is 25.5 Å². The van der Waals surface area contributed by atoms with Crippen LogP contribution in [-0.4, -0.2) is 26.1 Å². The van der Waals surface area contributed by atoms with Gasteiger partial charge in [0.1, 0.15) is 0 Å². The first-order chi connectivity index (χ1) is 9.65. The molecule has 0 spiro atoms. The van der Waals surface area contributed by atoms with E-state index in [0.717, 1.165) is 18.4 Å². The Morgan fingerprint density at radius 2 is 2.05 bits per heavy atom. The molecule has 1 aliphatic rings. The van der Waals surface area contributed by atoms with Crippen LogP contribution >= 0.6 is 0 Å². The summed E-state index contributed by atoms with van der Waals surface area (Å²) in [4.78, 5) is 12.2. The van der Waals surface area contributed by atoms with Gasteiger partial charge in [-0.25, -0.2) is 4.68 Å². The number of amides is 1. The number of carbonyl (C=O) groups is 1. The molecule has 0 radical (unpaired) electrons. The quantitative estimate of drug-likeness (QED) is 0.920. The number of rotatable bonds is 4. The maximum Gasteiger partial charge on any atom is 0.251 e. The van der Waals surface area contributed by atoms with Crippen LogP contribution in [0.4, 0.5) is 0 Å². The van der Waals surface area contributed by atoms with Gasteiger partial charge >= 0.3 is 0 Å². The van der Waals surface area contributed by atoms with Crippen molar-refractivity contribution in [2.75, 3.05) is 0 Å². The molecule has 3 rings (SSSR count). The number of hydrogen-bond donors (Lipinski definition) is 1. The Kier molecular flexibility index (Phi) is 3.22. The van der Waals surface area contributed by atoms with Gasteiger partial charge in [0.05, 0.1) is 12.1 Å². The lowest BCUT2D eigenvalue weighted by Gasteiger charge is -2.13. The zero-order valence-electron chi connectivity index (χ0n) is 11.6. The average Bonchev–Trinajstić information content (AvgIpc) is 3.16. The maximum absolute atomic E-state index is 12.2. The van der Waals surface area contributed by atoms with E-state index in [1.807, 2.05) is 42.8 Å². The molecule has 1 saturated carbocycles. The summed E-state index contributed by atoms with van der Waals surface area (Å²) in [6, 6.07) is 7.68. The van der Waals surface area contributed by atoms with Gasteiger partial charge in [-0.3, -0.25) is 4.79 Å². The number of benzene rings is 1. The van der Waals surface area contributed by atoms with E-state index in [4.69, 9.17) is 0 Å². The number of carbonyl (C=O) groups excluding carboxylic acids is 1. The molecule has 1 fully saturated rings. The van der Waals surface area contributed by atoms with Crippen molar-refractivity contribution in [2.24, 2.45) is 0 Å². The summed E-state index contributed by atoms with van der Waals surface area (Å²) in [7, 11) is 0. The summed E-state index contributed by atoms with van der Waals surface area (Å²) < 4.78 is 1.82. The van der Waals surface area contributed by atoms with Crippen LogP contribution in [-0.2, 0) is 0 Å². The van der Waals surface area contributed by atoms with Crippen LogP contribution in [0, 0.1) is 6.92 Å². The first-order valence-corrected chi connectivity index (χ1v) is 6.80. The highest BCUT2D eigenvalue weighted by Crippen LogP contribution is 2.35. The molecular formula is C14H17N5O. The van der Waals surface area contributed by atoms with E-state index < -0.39 is 0 Å². The molecule has 0 saturated heterocycles. The molecule has 104 valence electrons. The van der Waals surface area contributed by atoms with E-state index in [-0.39, 0.29) is 11.9 Å². The Labute approximate surface area is 117 Å². The van der Waals surface area contributed by atoms with E-state index in [2.05, 4.69) is 20.8 Å². The van der Waals surface area contributed by atoms with Crippen molar-refractivity contribution in [3.63, 3.8) is 0 Å². The molecule has 0 bridgehead atoms. The fourth-order valence-corrected chi connectivity index (χ4v) is 2.11. The molecule has 1 heterocycles. The molecule has 1 aromatic heterocycles. The third-order valence-electron chi connectivity index (χ3n) is 3.46. The molecular weight excluding hydrogens is 254 g/mol. The second kappa shape index (κ2) is 5.03. The Morgan fingerprint density at radius 1 is 1.35 bits per heavy atom. The van der Waals surface area contributed by atoms with Crippen LogP contribution in [0.5, 0.6) is 0 Å². The van der Waals surface area contributed by atoms with E-state index in [1.165, 1.54) is 0 Å². The number of hydrogen-bond acceptors (Lipinski definition) is 4. The summed E-state index contributed by atoms with van der Waals surface area (Å²) in [5.74, 6) is 0.607. The average molecular weight is 271 g/mol. The molecule has 1 atom stereocenters. The Bertz CT molecular complexity index is 615. The second-order valence-electron chi connectivity index (χ2n) is 5.27. The zero-order chi connectivity index (χ0) is 14.1. The van der Waals surface area contributed by atoms with Gasteiger partial charge in [0, 0.05) is 5.56 Å². The van der Waals surface area contributed by atoms with Crippen LogP contribution < -0.4 is 5.32 Å². The van der Waals surface area contributed by atoms with Gasteiger partial charge in [-0.1, -0.05) is 17.7 Å². The second-order valence-corrected chi connectivity index (χ2v) is 5.27. The van der Waals surface area contributed by atoms with E-state index in [0.29, 0.717) is 17.4 Å². The van der Waals surface area contributed by atoms with Gasteiger partial charge < -0.3 is 5.32 Å². The number of tetrazole rings is 1. The first kappa shape index (κ1) is 12.8. The van der Waals surface area contributed by atoms with Crippen LogP contribution in [0.2, 0.25) is 0 Å². The van der Waals surface area contributed by atoms with Gasteiger partial charge in [-0.15, -0.1) is 5.10 Å². The standard InChI is InChI=1S/C14H17N5O/c1-9-3-5-11(6-4-9)14(20)15-10(2)13-16-17-18-19(13)12-7-8-12/h3-6,10,12H,7-8H2,1-2H3,(H,15,20). The van der Waals surface area contributed by atoms with Gasteiger partial charge in [0.25, 0.3) is 5.91 Å². The summed E-state index contributed by atoms with van der Waals surface area (Å²) in [6.07, 6.45) is 2.22. The monoisotopic (exact) mass is 271 g/mol. The fourth-order valence-electron chi connectivity index (χ4n) is 2.11. The van der Waals surface area contributed by atoms with Crippen molar-refractivity contribution >= 4 is 5.91 Å². The molecule has 6 nitrogen and oxygen atoms in total. The highest BCUT2D eigenvalue weighted by Gasteiger charge is 2.29. The topological polar surface area (TPSA) is 72.7 Å². The summed E-state index contributed by atoms with van der Waals surface area (Å²) >= 11 is 0. The number of nitrogens with zero attached hydrogens (tertiary/aromatic N) is 4. The highest BCUT2D eigenvalue weighted by molar-refractivity contribution is 5.94. The van der Waals surface area contributed by atoms with Crippen molar-refractivity contribution in [3.8, 4) is 0 Å². The Morgan fingerprint density at radius 3 is 2.70 bits per heavy atom. The molecule has 1 aliphatic carbocycles. The molecule has 2 aromatic rings. The highest BCUT2D eigenvalue weighted by atomic mass is 16.1. The van der Waals surface area contributed by atoms with E-state index >= 15 is 0 Å².